The second-order valence-electron chi connectivity index (χ2n) is 8.11. The van der Waals surface area contributed by atoms with Crippen LogP contribution in [0.15, 0.2) is 24.4 Å². The number of nitriles is 1. The van der Waals surface area contributed by atoms with Crippen molar-refractivity contribution < 1.29 is 42.1 Å². The topological polar surface area (TPSA) is 118 Å². The van der Waals surface area contributed by atoms with Gasteiger partial charge in [-0.05, 0) is 25.0 Å². The maximum absolute atomic E-state index is 15.1. The number of hydrogen-bond donors (Lipinski definition) is 4. The number of nitrogens with one attached hydrogen (secondary N) is 2. The number of fused-ring (bicyclic) bond motifs is 1. The van der Waals surface area contributed by atoms with Crippen LogP contribution in [-0.2, 0) is 12.0 Å². The number of urea groups is 1. The molecule has 1 saturated carbocycles. The van der Waals surface area contributed by atoms with Gasteiger partial charge in [0, 0.05) is 33.5 Å². The molecule has 35 heavy (non-hydrogen) atoms. The number of aliphatic hydroxyl groups is 1. The number of pyridine rings is 1. The number of alkyl halides is 3. The Hall–Kier alpha value is -4.03. The number of anilines is 1. The van der Waals surface area contributed by atoms with Gasteiger partial charge in [-0.2, -0.15) is 18.4 Å². The van der Waals surface area contributed by atoms with Crippen molar-refractivity contribution in [2.24, 2.45) is 5.92 Å². The van der Waals surface area contributed by atoms with Gasteiger partial charge in [-0.25, -0.2) is 9.18 Å². The summed E-state index contributed by atoms with van der Waals surface area (Å²) in [6.07, 6.45) is -3.00. The van der Waals surface area contributed by atoms with Gasteiger partial charge in [-0.3, -0.25) is 5.21 Å². The van der Waals surface area contributed by atoms with Crippen LogP contribution in [0.5, 0.6) is 5.75 Å². The Morgan fingerprint density at radius 1 is 1.29 bits per heavy atom. The molecule has 0 radical (unpaired) electrons. The number of ether oxygens (including phenoxy) is 1. The third kappa shape index (κ3) is 4.66. The molecule has 12 heteroatoms. The predicted molar refractivity (Wildman–Crippen MR) is 111 cm³/mol. The molecule has 2 amide bonds. The first-order chi connectivity index (χ1) is 16.6. The number of rotatable bonds is 5. The van der Waals surface area contributed by atoms with Crippen molar-refractivity contribution in [1.29, 1.82) is 5.26 Å². The fourth-order valence-corrected chi connectivity index (χ4v) is 3.64. The van der Waals surface area contributed by atoms with E-state index in [1.54, 1.807) is 0 Å². The molecule has 1 aliphatic carbocycles. The molecular weight excluding hydrogens is 472 g/mol. The van der Waals surface area contributed by atoms with Crippen LogP contribution < -0.4 is 20.1 Å². The van der Waals surface area contributed by atoms with Crippen LogP contribution in [0.1, 0.15) is 35.2 Å². The molecule has 2 aromatic rings. The van der Waals surface area contributed by atoms with Crippen molar-refractivity contribution in [1.82, 2.24) is 5.32 Å². The smallest absolute Gasteiger partial charge is 0.427 e. The van der Waals surface area contributed by atoms with Crippen molar-refractivity contribution in [2.75, 3.05) is 18.5 Å². The van der Waals surface area contributed by atoms with E-state index in [2.05, 4.69) is 17.2 Å². The molecule has 1 aromatic carbocycles. The number of halogens is 4. The zero-order valence-corrected chi connectivity index (χ0v) is 18.0. The fraction of sp³-hybridized carbons (Fsp3) is 0.348. The average molecular weight is 491 g/mol. The molecule has 1 aliphatic heterocycles. The van der Waals surface area contributed by atoms with E-state index in [1.165, 1.54) is 6.07 Å². The van der Waals surface area contributed by atoms with Gasteiger partial charge in [0.1, 0.15) is 24.1 Å². The molecule has 182 valence electrons. The Morgan fingerprint density at radius 3 is 2.66 bits per heavy atom. The van der Waals surface area contributed by atoms with Gasteiger partial charge < -0.3 is 20.5 Å². The van der Waals surface area contributed by atoms with Crippen LogP contribution in [0.2, 0.25) is 0 Å². The van der Waals surface area contributed by atoms with Crippen molar-refractivity contribution in [3.8, 4) is 23.7 Å². The highest BCUT2D eigenvalue weighted by molar-refractivity contribution is 5.95. The summed E-state index contributed by atoms with van der Waals surface area (Å²) in [7, 11) is 0. The van der Waals surface area contributed by atoms with Gasteiger partial charge in [0.2, 0.25) is 17.0 Å². The van der Waals surface area contributed by atoms with E-state index in [9.17, 15) is 28.4 Å². The van der Waals surface area contributed by atoms with Crippen molar-refractivity contribution in [3.05, 3.63) is 52.6 Å². The number of aliphatic hydroxyl groups excluding tert-OH is 1. The molecule has 1 aromatic heterocycles. The lowest BCUT2D eigenvalue weighted by Gasteiger charge is -2.37. The van der Waals surface area contributed by atoms with Crippen LogP contribution in [0.4, 0.5) is 28.0 Å². The van der Waals surface area contributed by atoms with Gasteiger partial charge in [0.25, 0.3) is 6.20 Å². The van der Waals surface area contributed by atoms with E-state index < -0.39 is 29.1 Å². The van der Waals surface area contributed by atoms with Gasteiger partial charge in [-0.1, -0.05) is 11.8 Å². The monoisotopic (exact) mass is 491 g/mol. The van der Waals surface area contributed by atoms with Crippen LogP contribution in [0.25, 0.3) is 0 Å². The number of amides is 2. The summed E-state index contributed by atoms with van der Waals surface area (Å²) in [5.41, 5.74) is -4.08. The lowest BCUT2D eigenvalue weighted by atomic mass is 9.85. The van der Waals surface area contributed by atoms with Crippen LogP contribution >= 0.6 is 0 Å². The number of benzene rings is 1. The van der Waals surface area contributed by atoms with E-state index in [0.717, 1.165) is 12.3 Å². The largest absolute Gasteiger partial charge is 0.484 e. The van der Waals surface area contributed by atoms with E-state index in [1.807, 2.05) is 11.4 Å². The molecule has 0 spiro atoms. The standard InChI is InChI=1S/C23H18F4N4O4/c24-18-10-17-19(29-21(33)30-22(17,23(25,26)27)4-3-13-1-2-13)9-14(18)7-16-8-15(11-28)20(12-31(16)34)35-6-5-32/h8-10,12-13,32H,1-2,5-7H2,(H2-,29,30,33,34)/p+1/t22-/m0/s1. The van der Waals surface area contributed by atoms with Crippen molar-refractivity contribution >= 4 is 11.7 Å². The SMILES string of the molecule is N#Cc1cc(Cc2cc3c(cc2F)[C@@](C#CC2CC2)(C(F)(F)F)NC(=O)N3)[n+](O)cc1OCCO. The zero-order chi connectivity index (χ0) is 25.4. The Balaban J connectivity index is 1.76. The molecule has 1 atom stereocenters. The minimum absolute atomic E-state index is 0.0129. The predicted octanol–water partition coefficient (Wildman–Crippen LogP) is 2.49. The van der Waals surface area contributed by atoms with Crippen LogP contribution in [-0.4, -0.2) is 35.7 Å². The summed E-state index contributed by atoms with van der Waals surface area (Å²) in [6.45, 7) is -0.463. The number of carbonyl (C=O) groups is 1. The summed E-state index contributed by atoms with van der Waals surface area (Å²) in [5, 5.41) is 32.6. The second kappa shape index (κ2) is 8.96. The second-order valence-corrected chi connectivity index (χ2v) is 8.11. The average Bonchev–Trinajstić information content (AvgIpc) is 3.62. The first-order valence-electron chi connectivity index (χ1n) is 10.5. The first-order valence-corrected chi connectivity index (χ1v) is 10.5. The maximum atomic E-state index is 15.1. The Labute approximate surface area is 196 Å². The lowest BCUT2D eigenvalue weighted by molar-refractivity contribution is -0.909. The molecule has 0 saturated heterocycles. The highest BCUT2D eigenvalue weighted by atomic mass is 19.4. The number of hydrogen-bond acceptors (Lipinski definition) is 5. The van der Waals surface area contributed by atoms with Gasteiger partial charge in [-0.15, -0.1) is 0 Å². The van der Waals surface area contributed by atoms with Gasteiger partial charge in [0.15, 0.2) is 0 Å². The number of aromatic nitrogens is 1. The van der Waals surface area contributed by atoms with Crippen LogP contribution in [0.3, 0.4) is 0 Å². The Kier molecular flexibility index (Phi) is 6.17. The summed E-state index contributed by atoms with van der Waals surface area (Å²) in [4.78, 5) is 12.2. The summed E-state index contributed by atoms with van der Waals surface area (Å²) in [5.74, 6) is 3.41. The van der Waals surface area contributed by atoms with Gasteiger partial charge in [0.05, 0.1) is 13.0 Å². The van der Waals surface area contributed by atoms with Crippen LogP contribution in [0, 0.1) is 34.9 Å². The Bertz CT molecular complexity index is 1290. The summed E-state index contributed by atoms with van der Waals surface area (Å²) < 4.78 is 63.4. The normalized spacial score (nSPS) is 18.9. The Morgan fingerprint density at radius 2 is 2.03 bits per heavy atom. The van der Waals surface area contributed by atoms with Crippen molar-refractivity contribution in [2.45, 2.75) is 31.0 Å². The maximum Gasteiger partial charge on any atom is 0.427 e. The summed E-state index contributed by atoms with van der Waals surface area (Å²) >= 11 is 0. The van der Waals surface area contributed by atoms with E-state index in [4.69, 9.17) is 9.84 Å². The first kappa shape index (κ1) is 24.1. The fourth-order valence-electron chi connectivity index (χ4n) is 3.64. The van der Waals surface area contributed by atoms with E-state index in [0.29, 0.717) is 23.6 Å². The zero-order valence-electron chi connectivity index (χ0n) is 18.0. The molecule has 4 N–H and O–H groups in total. The minimum Gasteiger partial charge on any atom is -0.484 e. The molecule has 4 rings (SSSR count). The minimum atomic E-state index is -5.03. The molecule has 0 bridgehead atoms. The molecule has 2 heterocycles. The highest BCUT2D eigenvalue weighted by Gasteiger charge is 2.59. The molecule has 1 fully saturated rings. The summed E-state index contributed by atoms with van der Waals surface area (Å²) in [6, 6.07) is 3.63. The van der Waals surface area contributed by atoms with E-state index >= 15 is 4.39 Å². The molecular formula is C23H19F4N4O4+. The third-order valence-electron chi connectivity index (χ3n) is 5.56. The molecule has 8 nitrogen and oxygen atoms in total. The number of nitrogens with zero attached hydrogens (tertiary/aromatic N) is 2. The highest BCUT2D eigenvalue weighted by Crippen LogP contribution is 2.45. The molecule has 0 unspecified atom stereocenters. The molecule has 2 aliphatic rings. The third-order valence-corrected chi connectivity index (χ3v) is 5.56. The quantitative estimate of drug-likeness (QED) is 0.222. The van der Waals surface area contributed by atoms with E-state index in [-0.39, 0.29) is 53.8 Å². The van der Waals surface area contributed by atoms with Gasteiger partial charge >= 0.3 is 12.2 Å². The number of carbonyl (C=O) groups excluding carboxylic acids is 1. The van der Waals surface area contributed by atoms with Crippen molar-refractivity contribution in [3.63, 3.8) is 0 Å². The lowest BCUT2D eigenvalue weighted by Crippen LogP contribution is -2.59.